The van der Waals surface area contributed by atoms with Crippen LogP contribution in [-0.4, -0.2) is 12.1 Å². The third-order valence-electron chi connectivity index (χ3n) is 2.05. The molecule has 0 unspecified atom stereocenters. The number of rotatable bonds is 2. The quantitative estimate of drug-likeness (QED) is 0.671. The van der Waals surface area contributed by atoms with Gasteiger partial charge in [0.05, 0.1) is 18.9 Å². The van der Waals surface area contributed by atoms with Gasteiger partial charge in [0.15, 0.2) is 0 Å². The summed E-state index contributed by atoms with van der Waals surface area (Å²) in [5.74, 6) is 0. The lowest BCUT2D eigenvalue weighted by atomic mass is 10.1. The van der Waals surface area contributed by atoms with E-state index in [1.54, 1.807) is 19.6 Å². The predicted octanol–water partition coefficient (Wildman–Crippen LogP) is 2.85. The average Bonchev–Trinajstić information content (AvgIpc) is 2.26. The van der Waals surface area contributed by atoms with E-state index in [2.05, 4.69) is 4.98 Å². The number of ether oxygens (including phenoxy) is 1. The van der Waals surface area contributed by atoms with Gasteiger partial charge in [0.2, 0.25) is 0 Å². The molecule has 0 saturated carbocycles. The Kier molecular flexibility index (Phi) is 2.45. The molecule has 0 saturated heterocycles. The van der Waals surface area contributed by atoms with Crippen molar-refractivity contribution >= 4 is 17.0 Å². The van der Waals surface area contributed by atoms with Crippen LogP contribution in [0.15, 0.2) is 42.8 Å². The second-order valence-corrected chi connectivity index (χ2v) is 2.96. The molecule has 2 rings (SSSR count). The van der Waals surface area contributed by atoms with E-state index in [4.69, 9.17) is 4.74 Å². The Morgan fingerprint density at radius 3 is 2.93 bits per heavy atom. The van der Waals surface area contributed by atoms with Gasteiger partial charge in [0, 0.05) is 17.1 Å². The van der Waals surface area contributed by atoms with Gasteiger partial charge in [0.25, 0.3) is 0 Å². The fourth-order valence-electron chi connectivity index (χ4n) is 1.40. The lowest BCUT2D eigenvalue weighted by molar-refractivity contribution is 0.341. The van der Waals surface area contributed by atoms with E-state index in [-0.39, 0.29) is 0 Å². The van der Waals surface area contributed by atoms with Crippen LogP contribution in [0.2, 0.25) is 0 Å². The zero-order valence-electron chi connectivity index (χ0n) is 7.97. The first kappa shape index (κ1) is 8.75. The second kappa shape index (κ2) is 3.92. The maximum Gasteiger partial charge on any atom is 0.0831 e. The van der Waals surface area contributed by atoms with Crippen molar-refractivity contribution in [3.63, 3.8) is 0 Å². The van der Waals surface area contributed by atoms with Crippen molar-refractivity contribution in [2.24, 2.45) is 0 Å². The monoisotopic (exact) mass is 185 g/mol. The van der Waals surface area contributed by atoms with Crippen LogP contribution in [-0.2, 0) is 4.74 Å². The SMILES string of the molecule is COC=Cc1cccc2cccnc12. The molecular weight excluding hydrogens is 174 g/mol. The Morgan fingerprint density at radius 2 is 2.07 bits per heavy atom. The van der Waals surface area contributed by atoms with Gasteiger partial charge >= 0.3 is 0 Å². The molecule has 1 heterocycles. The van der Waals surface area contributed by atoms with E-state index < -0.39 is 0 Å². The number of pyridine rings is 1. The van der Waals surface area contributed by atoms with Crippen molar-refractivity contribution in [2.45, 2.75) is 0 Å². The van der Waals surface area contributed by atoms with Crippen LogP contribution in [0.25, 0.3) is 17.0 Å². The summed E-state index contributed by atoms with van der Waals surface area (Å²) in [6, 6.07) is 10.1. The molecular formula is C12H11NO. The van der Waals surface area contributed by atoms with Gasteiger partial charge in [-0.1, -0.05) is 24.3 Å². The highest BCUT2D eigenvalue weighted by atomic mass is 16.5. The van der Waals surface area contributed by atoms with E-state index in [1.165, 1.54) is 0 Å². The molecule has 0 aliphatic heterocycles. The van der Waals surface area contributed by atoms with Crippen LogP contribution in [0.4, 0.5) is 0 Å². The largest absolute Gasteiger partial charge is 0.504 e. The Balaban J connectivity index is 2.59. The number of aromatic nitrogens is 1. The first-order valence-corrected chi connectivity index (χ1v) is 4.45. The van der Waals surface area contributed by atoms with E-state index in [1.807, 2.05) is 36.4 Å². The third-order valence-corrected chi connectivity index (χ3v) is 2.05. The fourth-order valence-corrected chi connectivity index (χ4v) is 1.40. The first-order valence-electron chi connectivity index (χ1n) is 4.45. The van der Waals surface area contributed by atoms with Gasteiger partial charge in [-0.05, 0) is 12.1 Å². The molecule has 14 heavy (non-hydrogen) atoms. The van der Waals surface area contributed by atoms with Crippen LogP contribution >= 0.6 is 0 Å². The zero-order chi connectivity index (χ0) is 9.80. The number of fused-ring (bicyclic) bond motifs is 1. The molecule has 2 heteroatoms. The number of hydrogen-bond donors (Lipinski definition) is 0. The van der Waals surface area contributed by atoms with E-state index in [0.717, 1.165) is 16.5 Å². The van der Waals surface area contributed by atoms with Gasteiger partial charge in [-0.2, -0.15) is 0 Å². The molecule has 0 bridgehead atoms. The van der Waals surface area contributed by atoms with Crippen LogP contribution in [0.3, 0.4) is 0 Å². The summed E-state index contributed by atoms with van der Waals surface area (Å²) in [5, 5.41) is 1.14. The lowest BCUT2D eigenvalue weighted by Crippen LogP contribution is -1.81. The maximum absolute atomic E-state index is 4.89. The van der Waals surface area contributed by atoms with E-state index >= 15 is 0 Å². The van der Waals surface area contributed by atoms with Crippen molar-refractivity contribution in [1.82, 2.24) is 4.98 Å². The minimum absolute atomic E-state index is 1.00. The number of para-hydroxylation sites is 1. The molecule has 1 aromatic carbocycles. The molecule has 2 aromatic rings. The van der Waals surface area contributed by atoms with Crippen LogP contribution in [0, 0.1) is 0 Å². The third kappa shape index (κ3) is 1.59. The summed E-state index contributed by atoms with van der Waals surface area (Å²) in [4.78, 5) is 4.33. The van der Waals surface area contributed by atoms with Crippen molar-refractivity contribution in [2.75, 3.05) is 7.11 Å². The Labute approximate surface area is 82.9 Å². The molecule has 2 nitrogen and oxygen atoms in total. The molecule has 0 aliphatic carbocycles. The standard InChI is InChI=1S/C12H11NO/c1-14-9-7-11-5-2-4-10-6-3-8-13-12(10)11/h2-9H,1H3. The molecule has 0 N–H and O–H groups in total. The number of benzene rings is 1. The highest BCUT2D eigenvalue weighted by Crippen LogP contribution is 2.16. The molecule has 0 atom stereocenters. The van der Waals surface area contributed by atoms with Gasteiger partial charge in [-0.3, -0.25) is 4.98 Å². The molecule has 1 aromatic heterocycles. The molecule has 0 spiro atoms. The zero-order valence-corrected chi connectivity index (χ0v) is 7.97. The van der Waals surface area contributed by atoms with Crippen molar-refractivity contribution in [1.29, 1.82) is 0 Å². The number of methoxy groups -OCH3 is 1. The van der Waals surface area contributed by atoms with Crippen molar-refractivity contribution in [3.8, 4) is 0 Å². The normalized spacial score (nSPS) is 10.9. The van der Waals surface area contributed by atoms with Crippen molar-refractivity contribution in [3.05, 3.63) is 48.4 Å². The highest BCUT2D eigenvalue weighted by molar-refractivity contribution is 5.86. The smallest absolute Gasteiger partial charge is 0.0831 e. The summed E-state index contributed by atoms with van der Waals surface area (Å²) in [7, 11) is 1.63. The highest BCUT2D eigenvalue weighted by Gasteiger charge is 1.96. The minimum Gasteiger partial charge on any atom is -0.504 e. The maximum atomic E-state index is 4.89. The summed E-state index contributed by atoms with van der Waals surface area (Å²) in [6.07, 6.45) is 5.37. The van der Waals surface area contributed by atoms with Crippen LogP contribution in [0.5, 0.6) is 0 Å². The summed E-state index contributed by atoms with van der Waals surface area (Å²) in [6.45, 7) is 0. The van der Waals surface area contributed by atoms with Crippen molar-refractivity contribution < 1.29 is 4.74 Å². The molecule has 70 valence electrons. The first-order chi connectivity index (χ1) is 6.92. The molecule has 0 aliphatic rings. The van der Waals surface area contributed by atoms with Gasteiger partial charge < -0.3 is 4.74 Å². The second-order valence-electron chi connectivity index (χ2n) is 2.96. The Hall–Kier alpha value is -1.83. The minimum atomic E-state index is 1.00. The summed E-state index contributed by atoms with van der Waals surface area (Å²) >= 11 is 0. The average molecular weight is 185 g/mol. The Bertz CT molecular complexity index is 457. The van der Waals surface area contributed by atoms with Gasteiger partial charge in [-0.15, -0.1) is 0 Å². The fraction of sp³-hybridized carbons (Fsp3) is 0.0833. The molecule has 0 fully saturated rings. The number of nitrogens with zero attached hydrogens (tertiary/aromatic N) is 1. The summed E-state index contributed by atoms with van der Waals surface area (Å²) in [5.41, 5.74) is 2.08. The predicted molar refractivity (Wildman–Crippen MR) is 57.8 cm³/mol. The van der Waals surface area contributed by atoms with Crippen LogP contribution < -0.4 is 0 Å². The summed E-state index contributed by atoms with van der Waals surface area (Å²) < 4.78 is 4.89. The van der Waals surface area contributed by atoms with E-state index in [9.17, 15) is 0 Å². The molecule has 0 amide bonds. The van der Waals surface area contributed by atoms with Crippen LogP contribution in [0.1, 0.15) is 5.56 Å². The number of hydrogen-bond acceptors (Lipinski definition) is 2. The van der Waals surface area contributed by atoms with Gasteiger partial charge in [0.1, 0.15) is 0 Å². The Morgan fingerprint density at radius 1 is 1.21 bits per heavy atom. The van der Waals surface area contributed by atoms with Gasteiger partial charge in [-0.25, -0.2) is 0 Å². The van der Waals surface area contributed by atoms with E-state index in [0.29, 0.717) is 0 Å². The lowest BCUT2D eigenvalue weighted by Gasteiger charge is -1.99. The topological polar surface area (TPSA) is 22.1 Å². The molecule has 0 radical (unpaired) electrons.